The summed E-state index contributed by atoms with van der Waals surface area (Å²) < 4.78 is 0. The Balaban J connectivity index is 3.40. The van der Waals surface area contributed by atoms with Gasteiger partial charge >= 0.3 is 0 Å². The monoisotopic (exact) mass is 258 g/mol. The van der Waals surface area contributed by atoms with Crippen molar-refractivity contribution in [1.82, 2.24) is 0 Å². The highest BCUT2D eigenvalue weighted by molar-refractivity contribution is 9.09. The van der Waals surface area contributed by atoms with Crippen molar-refractivity contribution < 1.29 is 0 Å². The summed E-state index contributed by atoms with van der Waals surface area (Å²) in [5.41, 5.74) is 1.48. The number of halogens is 1. The Labute approximate surface area is 97.6 Å². The van der Waals surface area contributed by atoms with E-state index in [0.29, 0.717) is 0 Å². The normalized spacial score (nSPS) is 12.6. The van der Waals surface area contributed by atoms with E-state index in [0.717, 1.165) is 18.2 Å². The van der Waals surface area contributed by atoms with Crippen molar-refractivity contribution in [2.24, 2.45) is 0 Å². The van der Waals surface area contributed by atoms with Crippen LogP contribution in [-0.4, -0.2) is 5.33 Å². The lowest BCUT2D eigenvalue weighted by molar-refractivity contribution is 0.728. The summed E-state index contributed by atoms with van der Waals surface area (Å²) in [4.78, 5) is 0. The van der Waals surface area contributed by atoms with Crippen LogP contribution in [-0.2, 0) is 0 Å². The van der Waals surface area contributed by atoms with Crippen LogP contribution in [0.15, 0.2) is 23.8 Å². The van der Waals surface area contributed by atoms with E-state index in [1.54, 1.807) is 0 Å². The predicted molar refractivity (Wildman–Crippen MR) is 70.1 cm³/mol. The first kappa shape index (κ1) is 14.0. The molecule has 0 aliphatic heterocycles. The van der Waals surface area contributed by atoms with Gasteiger partial charge in [0.05, 0.1) is 0 Å². The van der Waals surface area contributed by atoms with E-state index in [-0.39, 0.29) is 0 Å². The minimum absolute atomic E-state index is 1.07. The zero-order valence-corrected chi connectivity index (χ0v) is 11.1. The van der Waals surface area contributed by atoms with Gasteiger partial charge in [-0.3, -0.25) is 0 Å². The molecule has 0 unspecified atom stereocenters. The van der Waals surface area contributed by atoms with Crippen molar-refractivity contribution in [2.75, 3.05) is 5.33 Å². The molecule has 1 heteroatoms. The summed E-state index contributed by atoms with van der Waals surface area (Å²) in [5, 5.41) is 1.07. The highest BCUT2D eigenvalue weighted by Crippen LogP contribution is 2.05. The second kappa shape index (κ2) is 11.0. The average molecular weight is 259 g/mol. The third-order valence-corrected chi connectivity index (χ3v) is 2.64. The first-order valence-corrected chi connectivity index (χ1v) is 6.80. The van der Waals surface area contributed by atoms with Gasteiger partial charge in [0, 0.05) is 5.33 Å². The third-order valence-electron chi connectivity index (χ3n) is 2.18. The molecule has 0 bridgehead atoms. The molecule has 0 aromatic heterocycles. The maximum Gasteiger partial charge on any atom is 0.00660 e. The molecule has 0 aromatic carbocycles. The average Bonchev–Trinajstić information content (AvgIpc) is 2.20. The van der Waals surface area contributed by atoms with Crippen LogP contribution < -0.4 is 0 Å². The number of alkyl halides is 1. The Bertz CT molecular complexity index is 168. The zero-order valence-electron chi connectivity index (χ0n) is 9.56. The Morgan fingerprint density at radius 1 is 1.14 bits per heavy atom. The van der Waals surface area contributed by atoms with Crippen LogP contribution in [0.25, 0.3) is 0 Å². The van der Waals surface area contributed by atoms with Gasteiger partial charge in [0.2, 0.25) is 0 Å². The first-order chi connectivity index (χ1) is 6.81. The van der Waals surface area contributed by atoms with Gasteiger partial charge in [-0.2, -0.15) is 0 Å². The molecule has 0 heterocycles. The summed E-state index contributed by atoms with van der Waals surface area (Å²) in [7, 11) is 0. The number of hydrogen-bond donors (Lipinski definition) is 0. The maximum absolute atomic E-state index is 3.43. The third kappa shape index (κ3) is 10.0. The Morgan fingerprint density at radius 3 is 2.57 bits per heavy atom. The van der Waals surface area contributed by atoms with E-state index in [2.05, 4.69) is 48.0 Å². The van der Waals surface area contributed by atoms with E-state index in [1.807, 2.05) is 0 Å². The van der Waals surface area contributed by atoms with E-state index in [1.165, 1.54) is 31.3 Å². The van der Waals surface area contributed by atoms with Crippen LogP contribution in [0.3, 0.4) is 0 Å². The van der Waals surface area contributed by atoms with Gasteiger partial charge in [0.25, 0.3) is 0 Å². The summed E-state index contributed by atoms with van der Waals surface area (Å²) in [6, 6.07) is 0. The summed E-state index contributed by atoms with van der Waals surface area (Å²) in [6.45, 7) is 4.45. The lowest BCUT2D eigenvalue weighted by Gasteiger charge is -1.95. The number of rotatable bonds is 8. The van der Waals surface area contributed by atoms with Gasteiger partial charge in [-0.15, -0.1) is 0 Å². The number of hydrogen-bond acceptors (Lipinski definition) is 0. The smallest absolute Gasteiger partial charge is 0.00660 e. The highest BCUT2D eigenvalue weighted by atomic mass is 79.9. The molecule has 0 aliphatic rings. The van der Waals surface area contributed by atoms with Crippen LogP contribution in [0, 0.1) is 0 Å². The van der Waals surface area contributed by atoms with Crippen LogP contribution in [0.4, 0.5) is 0 Å². The molecule has 0 nitrogen and oxygen atoms in total. The minimum Gasteiger partial charge on any atom is -0.0925 e. The summed E-state index contributed by atoms with van der Waals surface area (Å²) in [6.07, 6.45) is 14.5. The van der Waals surface area contributed by atoms with Gasteiger partial charge in [-0.1, -0.05) is 59.5 Å². The lowest BCUT2D eigenvalue weighted by atomic mass is 10.1. The van der Waals surface area contributed by atoms with Gasteiger partial charge in [0.1, 0.15) is 0 Å². The second-order valence-corrected chi connectivity index (χ2v) is 4.49. The molecule has 0 fully saturated rings. The molecule has 0 atom stereocenters. The fourth-order valence-electron chi connectivity index (χ4n) is 1.28. The maximum atomic E-state index is 3.43. The molecule has 0 saturated heterocycles. The van der Waals surface area contributed by atoms with Crippen LogP contribution in [0.1, 0.15) is 52.4 Å². The molecule has 0 aliphatic carbocycles. The standard InChI is InChI=1S/C13H23Br/c1-3-4-5-6-7-8-10-13(2)11-9-12-14/h7-8,11H,3-6,9-10,12H2,1-2H3/b8-7+,13-11+. The molecule has 14 heavy (non-hydrogen) atoms. The van der Waals surface area contributed by atoms with Crippen LogP contribution in [0.2, 0.25) is 0 Å². The second-order valence-electron chi connectivity index (χ2n) is 3.70. The first-order valence-electron chi connectivity index (χ1n) is 5.67. The summed E-state index contributed by atoms with van der Waals surface area (Å²) in [5.74, 6) is 0. The fraction of sp³-hybridized carbons (Fsp3) is 0.692. The quantitative estimate of drug-likeness (QED) is 0.317. The highest BCUT2D eigenvalue weighted by Gasteiger charge is 1.85. The Kier molecular flexibility index (Phi) is 11.0. The molecule has 0 amide bonds. The zero-order chi connectivity index (χ0) is 10.6. The lowest BCUT2D eigenvalue weighted by Crippen LogP contribution is -1.76. The fourth-order valence-corrected chi connectivity index (χ4v) is 1.51. The number of allylic oxidation sites excluding steroid dienone is 4. The summed E-state index contributed by atoms with van der Waals surface area (Å²) >= 11 is 3.43. The molecule has 0 saturated carbocycles. The molecular formula is C13H23Br. The van der Waals surface area contributed by atoms with Gasteiger partial charge in [0.15, 0.2) is 0 Å². The SMILES string of the molecule is CCCCC/C=C/C/C(C)=C/CCBr. The molecule has 0 aromatic rings. The molecule has 0 rings (SSSR count). The van der Waals surface area contributed by atoms with Crippen molar-refractivity contribution in [3.8, 4) is 0 Å². The predicted octanol–water partition coefficient (Wildman–Crippen LogP) is 5.24. The molecule has 82 valence electrons. The molecule has 0 radical (unpaired) electrons. The van der Waals surface area contributed by atoms with E-state index >= 15 is 0 Å². The molecule has 0 spiro atoms. The van der Waals surface area contributed by atoms with Crippen molar-refractivity contribution >= 4 is 15.9 Å². The van der Waals surface area contributed by atoms with Crippen molar-refractivity contribution in [2.45, 2.75) is 52.4 Å². The van der Waals surface area contributed by atoms with Gasteiger partial charge in [-0.25, -0.2) is 0 Å². The topological polar surface area (TPSA) is 0 Å². The Hall–Kier alpha value is -0.0400. The van der Waals surface area contributed by atoms with E-state index < -0.39 is 0 Å². The largest absolute Gasteiger partial charge is 0.0925 e. The van der Waals surface area contributed by atoms with Gasteiger partial charge in [-0.05, 0) is 32.6 Å². The molecular weight excluding hydrogens is 236 g/mol. The van der Waals surface area contributed by atoms with Crippen molar-refractivity contribution in [1.29, 1.82) is 0 Å². The van der Waals surface area contributed by atoms with Crippen molar-refractivity contribution in [3.63, 3.8) is 0 Å². The minimum atomic E-state index is 1.07. The molecule has 0 N–H and O–H groups in total. The van der Waals surface area contributed by atoms with Crippen LogP contribution >= 0.6 is 15.9 Å². The van der Waals surface area contributed by atoms with Gasteiger partial charge < -0.3 is 0 Å². The Morgan fingerprint density at radius 2 is 1.93 bits per heavy atom. The van der Waals surface area contributed by atoms with Crippen molar-refractivity contribution in [3.05, 3.63) is 23.8 Å². The number of unbranched alkanes of at least 4 members (excludes halogenated alkanes) is 3. The van der Waals surface area contributed by atoms with Crippen LogP contribution in [0.5, 0.6) is 0 Å². The van der Waals surface area contributed by atoms with E-state index in [9.17, 15) is 0 Å². The van der Waals surface area contributed by atoms with E-state index in [4.69, 9.17) is 0 Å².